The Morgan fingerprint density at radius 1 is 1.17 bits per heavy atom. The summed E-state index contributed by atoms with van der Waals surface area (Å²) in [6.07, 6.45) is 0. The number of carbonyl (C=O) groups excluding carboxylic acids is 2. The minimum Gasteiger partial charge on any atom is -0.465 e. The van der Waals surface area contributed by atoms with Gasteiger partial charge in [-0.05, 0) is 36.8 Å². The smallest absolute Gasteiger partial charge is 0.339 e. The van der Waals surface area contributed by atoms with Gasteiger partial charge in [-0.15, -0.1) is 0 Å². The third-order valence-electron chi connectivity index (χ3n) is 3.23. The van der Waals surface area contributed by atoms with E-state index in [-0.39, 0.29) is 12.5 Å². The predicted molar refractivity (Wildman–Crippen MR) is 93.8 cm³/mol. The summed E-state index contributed by atoms with van der Waals surface area (Å²) in [7, 11) is 1.32. The number of aryl methyl sites for hydroxylation is 1. The monoisotopic (exact) mass is 376 g/mol. The molecule has 0 aliphatic heterocycles. The summed E-state index contributed by atoms with van der Waals surface area (Å²) in [5.41, 5.74) is 2.74. The van der Waals surface area contributed by atoms with E-state index in [0.717, 1.165) is 10.0 Å². The molecule has 2 rings (SSSR count). The molecule has 0 aromatic heterocycles. The lowest BCUT2D eigenvalue weighted by atomic mass is 10.2. The molecular weight excluding hydrogens is 360 g/mol. The molecule has 5 nitrogen and oxygen atoms in total. The number of esters is 1. The Labute approximate surface area is 143 Å². The van der Waals surface area contributed by atoms with Crippen LogP contribution in [0.15, 0.2) is 46.9 Å². The maximum atomic E-state index is 12.0. The molecule has 2 aromatic carbocycles. The first-order chi connectivity index (χ1) is 11.0. The normalized spacial score (nSPS) is 10.0. The highest BCUT2D eigenvalue weighted by Gasteiger charge is 2.11. The molecular formula is C17H17BrN2O3. The Morgan fingerprint density at radius 2 is 1.91 bits per heavy atom. The van der Waals surface area contributed by atoms with Crippen molar-refractivity contribution in [3.05, 3.63) is 58.1 Å². The summed E-state index contributed by atoms with van der Waals surface area (Å²) < 4.78 is 5.65. The Morgan fingerprint density at radius 3 is 2.61 bits per heavy atom. The molecule has 120 valence electrons. The highest BCUT2D eigenvalue weighted by Crippen LogP contribution is 2.20. The van der Waals surface area contributed by atoms with Gasteiger partial charge in [0.1, 0.15) is 0 Å². The van der Waals surface area contributed by atoms with Gasteiger partial charge in [-0.25, -0.2) is 4.79 Å². The van der Waals surface area contributed by atoms with Crippen molar-refractivity contribution in [2.24, 2.45) is 0 Å². The molecule has 2 N–H and O–H groups in total. The van der Waals surface area contributed by atoms with Gasteiger partial charge in [-0.3, -0.25) is 4.79 Å². The average Bonchev–Trinajstić information content (AvgIpc) is 2.56. The lowest BCUT2D eigenvalue weighted by Crippen LogP contribution is -2.22. The summed E-state index contributed by atoms with van der Waals surface area (Å²) in [6, 6.07) is 12.5. The highest BCUT2D eigenvalue weighted by molar-refractivity contribution is 9.10. The molecule has 0 aliphatic carbocycles. The van der Waals surface area contributed by atoms with Crippen molar-refractivity contribution in [1.82, 2.24) is 0 Å². The molecule has 0 heterocycles. The van der Waals surface area contributed by atoms with Crippen LogP contribution in [-0.4, -0.2) is 25.5 Å². The Kier molecular flexibility index (Phi) is 5.76. The van der Waals surface area contributed by atoms with Crippen LogP contribution in [0, 0.1) is 6.92 Å². The quantitative estimate of drug-likeness (QED) is 0.782. The maximum Gasteiger partial charge on any atom is 0.339 e. The zero-order valence-corrected chi connectivity index (χ0v) is 14.4. The second kappa shape index (κ2) is 7.78. The molecule has 0 fully saturated rings. The van der Waals surface area contributed by atoms with E-state index in [1.807, 2.05) is 25.1 Å². The first-order valence-electron chi connectivity index (χ1n) is 6.98. The minimum atomic E-state index is -0.448. The summed E-state index contributed by atoms with van der Waals surface area (Å²) >= 11 is 3.43. The molecule has 2 aromatic rings. The molecule has 0 spiro atoms. The maximum absolute atomic E-state index is 12.0. The lowest BCUT2D eigenvalue weighted by molar-refractivity contribution is -0.114. The van der Waals surface area contributed by atoms with Gasteiger partial charge in [-0.2, -0.15) is 0 Å². The van der Waals surface area contributed by atoms with Gasteiger partial charge < -0.3 is 15.4 Å². The van der Waals surface area contributed by atoms with Crippen molar-refractivity contribution in [1.29, 1.82) is 0 Å². The number of rotatable bonds is 5. The molecule has 0 unspecified atom stereocenters. The second-order valence-corrected chi connectivity index (χ2v) is 5.76. The molecule has 1 amide bonds. The highest BCUT2D eigenvalue weighted by atomic mass is 79.9. The topological polar surface area (TPSA) is 67.4 Å². The third kappa shape index (κ3) is 4.56. The van der Waals surface area contributed by atoms with Crippen LogP contribution in [0.4, 0.5) is 11.4 Å². The van der Waals surface area contributed by atoms with E-state index in [9.17, 15) is 9.59 Å². The number of benzene rings is 2. The van der Waals surface area contributed by atoms with Crippen LogP contribution in [-0.2, 0) is 9.53 Å². The summed E-state index contributed by atoms with van der Waals surface area (Å²) in [6.45, 7) is 2.01. The first kappa shape index (κ1) is 17.0. The van der Waals surface area contributed by atoms with E-state index in [4.69, 9.17) is 4.74 Å². The SMILES string of the molecule is COC(=O)c1ccccc1NCC(=O)Nc1ccc(C)c(Br)c1. The van der Waals surface area contributed by atoms with Gasteiger partial charge in [0.15, 0.2) is 0 Å². The van der Waals surface area contributed by atoms with Gasteiger partial charge in [0.05, 0.1) is 19.2 Å². The molecule has 0 radical (unpaired) electrons. The van der Waals surface area contributed by atoms with E-state index in [1.54, 1.807) is 24.3 Å². The van der Waals surface area contributed by atoms with E-state index < -0.39 is 5.97 Å². The number of hydrogen-bond donors (Lipinski definition) is 2. The number of para-hydroxylation sites is 1. The molecule has 6 heteroatoms. The van der Waals surface area contributed by atoms with Crippen molar-refractivity contribution >= 4 is 39.2 Å². The number of anilines is 2. The summed E-state index contributed by atoms with van der Waals surface area (Å²) in [5, 5.41) is 5.75. The van der Waals surface area contributed by atoms with Gasteiger partial charge in [0.2, 0.25) is 5.91 Å². The number of nitrogens with one attached hydrogen (secondary N) is 2. The van der Waals surface area contributed by atoms with E-state index in [1.165, 1.54) is 7.11 Å². The molecule has 23 heavy (non-hydrogen) atoms. The number of methoxy groups -OCH3 is 1. The number of ether oxygens (including phenoxy) is 1. The first-order valence-corrected chi connectivity index (χ1v) is 7.78. The van der Waals surface area contributed by atoms with Gasteiger partial charge in [0.25, 0.3) is 0 Å². The zero-order chi connectivity index (χ0) is 16.8. The fourth-order valence-electron chi connectivity index (χ4n) is 1.98. The third-order valence-corrected chi connectivity index (χ3v) is 4.08. The Balaban J connectivity index is 1.99. The van der Waals surface area contributed by atoms with Crippen LogP contribution in [0.3, 0.4) is 0 Å². The van der Waals surface area contributed by atoms with Crippen LogP contribution in [0.2, 0.25) is 0 Å². The molecule has 0 saturated heterocycles. The Hall–Kier alpha value is -2.34. The van der Waals surface area contributed by atoms with Crippen molar-refractivity contribution in [2.45, 2.75) is 6.92 Å². The minimum absolute atomic E-state index is 0.0412. The summed E-state index contributed by atoms with van der Waals surface area (Å²) in [5.74, 6) is -0.656. The fourth-order valence-corrected chi connectivity index (χ4v) is 2.36. The summed E-state index contributed by atoms with van der Waals surface area (Å²) in [4.78, 5) is 23.7. The van der Waals surface area contributed by atoms with Crippen molar-refractivity contribution < 1.29 is 14.3 Å². The van der Waals surface area contributed by atoms with Crippen LogP contribution >= 0.6 is 15.9 Å². The van der Waals surface area contributed by atoms with Gasteiger partial charge in [0, 0.05) is 15.8 Å². The average molecular weight is 377 g/mol. The zero-order valence-electron chi connectivity index (χ0n) is 12.9. The van der Waals surface area contributed by atoms with Crippen LogP contribution < -0.4 is 10.6 Å². The van der Waals surface area contributed by atoms with Gasteiger partial charge in [-0.1, -0.05) is 34.1 Å². The number of carbonyl (C=O) groups is 2. The molecule has 0 saturated carbocycles. The fraction of sp³-hybridized carbons (Fsp3) is 0.176. The lowest BCUT2D eigenvalue weighted by Gasteiger charge is -2.11. The van der Waals surface area contributed by atoms with E-state index >= 15 is 0 Å². The van der Waals surface area contributed by atoms with Crippen LogP contribution in [0.1, 0.15) is 15.9 Å². The molecule has 0 atom stereocenters. The largest absolute Gasteiger partial charge is 0.465 e. The van der Waals surface area contributed by atoms with E-state index in [2.05, 4.69) is 26.6 Å². The molecule has 0 aliphatic rings. The predicted octanol–water partition coefficient (Wildman–Crippen LogP) is 3.59. The standard InChI is InChI=1S/C17H17BrN2O3/c1-11-7-8-12(9-14(11)18)20-16(21)10-19-15-6-4-3-5-13(15)17(22)23-2/h3-9,19H,10H2,1-2H3,(H,20,21). The Bertz CT molecular complexity index is 732. The van der Waals surface area contributed by atoms with E-state index in [0.29, 0.717) is 16.9 Å². The van der Waals surface area contributed by atoms with Gasteiger partial charge >= 0.3 is 5.97 Å². The number of halogens is 1. The van der Waals surface area contributed by atoms with Crippen molar-refractivity contribution in [2.75, 3.05) is 24.3 Å². The van der Waals surface area contributed by atoms with Crippen molar-refractivity contribution in [3.8, 4) is 0 Å². The van der Waals surface area contributed by atoms with Crippen molar-refractivity contribution in [3.63, 3.8) is 0 Å². The van der Waals surface area contributed by atoms with Crippen LogP contribution in [0.5, 0.6) is 0 Å². The molecule has 0 bridgehead atoms. The van der Waals surface area contributed by atoms with Crippen LogP contribution in [0.25, 0.3) is 0 Å². The second-order valence-electron chi connectivity index (χ2n) is 4.90. The number of amides is 1. The number of hydrogen-bond acceptors (Lipinski definition) is 4.